The number of aryl methyl sites for hydroxylation is 1. The van der Waals surface area contributed by atoms with Crippen LogP contribution in [0.1, 0.15) is 34.0 Å². The molecule has 0 aliphatic carbocycles. The molecule has 0 saturated carbocycles. The second kappa shape index (κ2) is 8.99. The maximum absolute atomic E-state index is 12.9. The molecule has 0 saturated heterocycles. The highest BCUT2D eigenvalue weighted by Gasteiger charge is 2.15. The van der Waals surface area contributed by atoms with E-state index in [9.17, 15) is 4.79 Å². The third kappa shape index (κ3) is 5.17. The zero-order chi connectivity index (χ0) is 19.1. The van der Waals surface area contributed by atoms with Gasteiger partial charge in [-0.3, -0.25) is 9.78 Å². The van der Waals surface area contributed by atoms with Crippen LogP contribution in [0.4, 0.5) is 5.69 Å². The summed E-state index contributed by atoms with van der Waals surface area (Å²) in [6, 6.07) is 20.3. The van der Waals surface area contributed by atoms with Crippen molar-refractivity contribution in [3.8, 4) is 0 Å². The Hall–Kier alpha value is -3.14. The predicted molar refractivity (Wildman–Crippen MR) is 110 cm³/mol. The summed E-state index contributed by atoms with van der Waals surface area (Å²) < 4.78 is 0. The molecule has 0 radical (unpaired) electrons. The number of rotatable bonds is 7. The molecule has 0 spiro atoms. The van der Waals surface area contributed by atoms with E-state index in [1.165, 1.54) is 11.1 Å². The fraction of sp³-hybridized carbons (Fsp3) is 0.217. The molecule has 4 nitrogen and oxygen atoms in total. The molecule has 1 N–H and O–H groups in total. The van der Waals surface area contributed by atoms with Crippen LogP contribution in [0.15, 0.2) is 73.1 Å². The van der Waals surface area contributed by atoms with Crippen LogP contribution in [0.3, 0.4) is 0 Å². The van der Waals surface area contributed by atoms with Gasteiger partial charge in [0.2, 0.25) is 0 Å². The molecule has 0 aliphatic rings. The molecule has 0 atom stereocenters. The fourth-order valence-corrected chi connectivity index (χ4v) is 2.88. The number of pyridine rings is 1. The number of aromatic nitrogens is 1. The van der Waals surface area contributed by atoms with Gasteiger partial charge in [-0.05, 0) is 31.0 Å². The highest BCUT2D eigenvalue weighted by Crippen LogP contribution is 2.14. The number of nitrogens with one attached hydrogen (secondary N) is 1. The average molecular weight is 359 g/mol. The quantitative estimate of drug-likeness (QED) is 0.667. The number of carbonyl (C=O) groups is 1. The molecule has 138 valence electrons. The molecule has 1 aromatic heterocycles. The Bertz CT molecular complexity index is 876. The molecular formula is C23H25N3O. The molecule has 27 heavy (non-hydrogen) atoms. The van der Waals surface area contributed by atoms with E-state index >= 15 is 0 Å². The van der Waals surface area contributed by atoms with Crippen LogP contribution in [0.25, 0.3) is 0 Å². The molecular weight excluding hydrogens is 334 g/mol. The molecule has 1 amide bonds. The number of amides is 1. The molecule has 4 heteroatoms. The summed E-state index contributed by atoms with van der Waals surface area (Å²) >= 11 is 0. The first kappa shape index (κ1) is 18.6. The molecule has 0 fully saturated rings. The molecule has 3 rings (SSSR count). The summed E-state index contributed by atoms with van der Waals surface area (Å²) in [4.78, 5) is 19.0. The lowest BCUT2D eigenvalue weighted by Gasteiger charge is -2.21. The van der Waals surface area contributed by atoms with Gasteiger partial charge in [0, 0.05) is 32.0 Å². The summed E-state index contributed by atoms with van der Waals surface area (Å²) in [6.45, 7) is 6.01. The first-order valence-corrected chi connectivity index (χ1v) is 9.23. The van der Waals surface area contributed by atoms with Gasteiger partial charge in [0.05, 0.1) is 11.3 Å². The number of carbonyl (C=O) groups excluding carboxylic acids is 1. The Balaban J connectivity index is 1.67. The Kier molecular flexibility index (Phi) is 6.21. The number of anilines is 1. The second-order valence-corrected chi connectivity index (χ2v) is 6.61. The number of hydrogen-bond acceptors (Lipinski definition) is 3. The van der Waals surface area contributed by atoms with Gasteiger partial charge in [0.1, 0.15) is 0 Å². The zero-order valence-corrected chi connectivity index (χ0v) is 15.9. The van der Waals surface area contributed by atoms with Crippen molar-refractivity contribution >= 4 is 11.6 Å². The number of hydrogen-bond donors (Lipinski definition) is 1. The maximum Gasteiger partial charge on any atom is 0.255 e. The molecule has 0 unspecified atom stereocenters. The van der Waals surface area contributed by atoms with Crippen LogP contribution < -0.4 is 5.32 Å². The van der Waals surface area contributed by atoms with Crippen molar-refractivity contribution in [2.24, 2.45) is 0 Å². The third-order valence-electron chi connectivity index (χ3n) is 4.49. The highest BCUT2D eigenvalue weighted by atomic mass is 16.2. The summed E-state index contributed by atoms with van der Waals surface area (Å²) in [5.41, 5.74) is 5.00. The van der Waals surface area contributed by atoms with Crippen LogP contribution in [0, 0.1) is 6.92 Å². The minimum Gasteiger partial charge on any atom is -0.380 e. The lowest BCUT2D eigenvalue weighted by Crippen LogP contribution is -2.30. The van der Waals surface area contributed by atoms with E-state index in [2.05, 4.69) is 41.5 Å². The predicted octanol–water partition coefficient (Wildman–Crippen LogP) is 4.66. The van der Waals surface area contributed by atoms with Crippen molar-refractivity contribution in [3.05, 3.63) is 95.3 Å². The van der Waals surface area contributed by atoms with Crippen molar-refractivity contribution in [3.63, 3.8) is 0 Å². The monoisotopic (exact) mass is 359 g/mol. The standard InChI is InChI=1S/C23H25N3O/c1-3-26(17-20-7-5-4-6-8-20)23(27)21-13-22(16-24-15-21)25-14-19-11-9-18(2)10-12-19/h4-13,15-16,25H,3,14,17H2,1-2H3. The van der Waals surface area contributed by atoms with E-state index in [1.807, 2.05) is 48.2 Å². The van der Waals surface area contributed by atoms with Gasteiger partial charge in [-0.15, -0.1) is 0 Å². The average Bonchev–Trinajstić information content (AvgIpc) is 2.72. The highest BCUT2D eigenvalue weighted by molar-refractivity contribution is 5.94. The van der Waals surface area contributed by atoms with Gasteiger partial charge in [-0.25, -0.2) is 0 Å². The molecule has 0 bridgehead atoms. The van der Waals surface area contributed by atoms with Crippen molar-refractivity contribution in [2.75, 3.05) is 11.9 Å². The normalized spacial score (nSPS) is 10.4. The van der Waals surface area contributed by atoms with Crippen LogP contribution in [-0.2, 0) is 13.1 Å². The minimum atomic E-state index is -0.00663. The van der Waals surface area contributed by atoms with Crippen LogP contribution in [0.2, 0.25) is 0 Å². The van der Waals surface area contributed by atoms with Gasteiger partial charge in [-0.1, -0.05) is 60.2 Å². The van der Waals surface area contributed by atoms with Crippen molar-refractivity contribution in [2.45, 2.75) is 26.9 Å². The van der Waals surface area contributed by atoms with Gasteiger partial charge >= 0.3 is 0 Å². The fourth-order valence-electron chi connectivity index (χ4n) is 2.88. The van der Waals surface area contributed by atoms with E-state index in [-0.39, 0.29) is 5.91 Å². The Morgan fingerprint density at radius 1 is 1.00 bits per heavy atom. The lowest BCUT2D eigenvalue weighted by molar-refractivity contribution is 0.0752. The topological polar surface area (TPSA) is 45.2 Å². The maximum atomic E-state index is 12.9. The first-order valence-electron chi connectivity index (χ1n) is 9.23. The SMILES string of the molecule is CCN(Cc1ccccc1)C(=O)c1cncc(NCc2ccc(C)cc2)c1. The summed E-state index contributed by atoms with van der Waals surface area (Å²) in [7, 11) is 0. The van der Waals surface area contributed by atoms with Crippen molar-refractivity contribution < 1.29 is 4.79 Å². The Morgan fingerprint density at radius 2 is 1.74 bits per heavy atom. The summed E-state index contributed by atoms with van der Waals surface area (Å²) in [5, 5.41) is 3.35. The molecule has 2 aromatic carbocycles. The first-order chi connectivity index (χ1) is 13.2. The second-order valence-electron chi connectivity index (χ2n) is 6.61. The molecule has 3 aromatic rings. The van der Waals surface area contributed by atoms with E-state index in [1.54, 1.807) is 12.4 Å². The largest absolute Gasteiger partial charge is 0.380 e. The Labute approximate surface area is 160 Å². The summed E-state index contributed by atoms with van der Waals surface area (Å²) in [5.74, 6) is -0.00663. The van der Waals surface area contributed by atoms with Gasteiger partial charge in [0.15, 0.2) is 0 Å². The van der Waals surface area contributed by atoms with Gasteiger partial charge in [0.25, 0.3) is 5.91 Å². The smallest absolute Gasteiger partial charge is 0.255 e. The van der Waals surface area contributed by atoms with E-state index < -0.39 is 0 Å². The van der Waals surface area contributed by atoms with E-state index in [4.69, 9.17) is 0 Å². The lowest BCUT2D eigenvalue weighted by atomic mass is 10.1. The van der Waals surface area contributed by atoms with E-state index in [0.717, 1.165) is 11.3 Å². The number of nitrogens with zero attached hydrogens (tertiary/aromatic N) is 2. The minimum absolute atomic E-state index is 0.00663. The van der Waals surface area contributed by atoms with Crippen molar-refractivity contribution in [1.82, 2.24) is 9.88 Å². The van der Waals surface area contributed by atoms with Crippen molar-refractivity contribution in [1.29, 1.82) is 0 Å². The van der Waals surface area contributed by atoms with Crippen LogP contribution >= 0.6 is 0 Å². The zero-order valence-electron chi connectivity index (χ0n) is 15.9. The molecule has 1 heterocycles. The van der Waals surface area contributed by atoms with Gasteiger partial charge < -0.3 is 10.2 Å². The van der Waals surface area contributed by atoms with Gasteiger partial charge in [-0.2, -0.15) is 0 Å². The number of benzene rings is 2. The third-order valence-corrected chi connectivity index (χ3v) is 4.49. The van der Waals surface area contributed by atoms with Crippen LogP contribution in [0.5, 0.6) is 0 Å². The van der Waals surface area contributed by atoms with E-state index in [0.29, 0.717) is 25.2 Å². The van der Waals surface area contributed by atoms with Crippen LogP contribution in [-0.4, -0.2) is 22.3 Å². The molecule has 0 aliphatic heterocycles. The Morgan fingerprint density at radius 3 is 2.44 bits per heavy atom. The summed E-state index contributed by atoms with van der Waals surface area (Å²) in [6.07, 6.45) is 3.38.